The molecular formula is C13H18BrNO4. The molecule has 1 rings (SSSR count). The third kappa shape index (κ3) is 4.18. The molecule has 1 aromatic rings. The Balaban J connectivity index is 3.27. The number of nitro benzene ring substituents is 1. The summed E-state index contributed by atoms with van der Waals surface area (Å²) < 4.78 is 6.22. The molecule has 0 saturated heterocycles. The van der Waals surface area contributed by atoms with Crippen molar-refractivity contribution in [2.24, 2.45) is 0 Å². The van der Waals surface area contributed by atoms with Gasteiger partial charge in [-0.15, -0.1) is 0 Å². The van der Waals surface area contributed by atoms with Crippen LogP contribution in [0.25, 0.3) is 0 Å². The van der Waals surface area contributed by atoms with Crippen LogP contribution in [0.4, 0.5) is 5.69 Å². The second-order valence-corrected chi connectivity index (χ2v) is 5.41. The van der Waals surface area contributed by atoms with Gasteiger partial charge in [-0.1, -0.05) is 29.3 Å². The van der Waals surface area contributed by atoms with Gasteiger partial charge < -0.3 is 9.84 Å². The number of hydrogen-bond acceptors (Lipinski definition) is 4. The lowest BCUT2D eigenvalue weighted by molar-refractivity contribution is -0.386. The molecule has 0 bridgehead atoms. The number of hydrogen-bond donors (Lipinski definition) is 1. The molecule has 1 unspecified atom stereocenters. The van der Waals surface area contributed by atoms with E-state index in [0.717, 1.165) is 12.8 Å². The number of benzene rings is 1. The van der Waals surface area contributed by atoms with Gasteiger partial charge in [0.05, 0.1) is 17.1 Å². The Morgan fingerprint density at radius 3 is 2.58 bits per heavy atom. The molecule has 0 amide bonds. The Bertz CT molecular complexity index is 462. The quantitative estimate of drug-likeness (QED) is 0.632. The maximum atomic E-state index is 11.1. The van der Waals surface area contributed by atoms with Crippen molar-refractivity contribution in [2.75, 3.05) is 0 Å². The average Bonchev–Trinajstić information content (AvgIpc) is 2.30. The van der Waals surface area contributed by atoms with E-state index in [-0.39, 0.29) is 17.5 Å². The molecule has 0 heterocycles. The molecule has 1 N–H and O–H groups in total. The van der Waals surface area contributed by atoms with Crippen molar-refractivity contribution in [3.8, 4) is 5.75 Å². The van der Waals surface area contributed by atoms with E-state index < -0.39 is 11.0 Å². The summed E-state index contributed by atoms with van der Waals surface area (Å²) in [6.45, 7) is 5.44. The molecule has 0 fully saturated rings. The maximum absolute atomic E-state index is 11.1. The van der Waals surface area contributed by atoms with E-state index >= 15 is 0 Å². The Morgan fingerprint density at radius 1 is 1.47 bits per heavy atom. The molecule has 0 aliphatic carbocycles. The summed E-state index contributed by atoms with van der Waals surface area (Å²) in [4.78, 5) is 10.6. The van der Waals surface area contributed by atoms with E-state index in [1.54, 1.807) is 13.0 Å². The predicted octanol–water partition coefficient (Wildman–Crippen LogP) is 3.98. The van der Waals surface area contributed by atoms with Crippen LogP contribution in [0.15, 0.2) is 16.6 Å². The zero-order valence-corrected chi connectivity index (χ0v) is 12.8. The minimum Gasteiger partial charge on any atom is -0.484 e. The van der Waals surface area contributed by atoms with Gasteiger partial charge in [0.15, 0.2) is 0 Å². The first-order chi connectivity index (χ1) is 8.86. The lowest BCUT2D eigenvalue weighted by Gasteiger charge is -2.18. The lowest BCUT2D eigenvalue weighted by atomic mass is 10.1. The number of aliphatic hydroxyl groups excluding tert-OH is 1. The first-order valence-corrected chi connectivity index (χ1v) is 6.98. The van der Waals surface area contributed by atoms with Crippen molar-refractivity contribution < 1.29 is 14.8 Å². The van der Waals surface area contributed by atoms with Gasteiger partial charge in [0.25, 0.3) is 0 Å². The molecule has 0 aliphatic heterocycles. The Labute approximate surface area is 120 Å². The molecule has 106 valence electrons. The third-order valence-electron chi connectivity index (χ3n) is 2.72. The summed E-state index contributed by atoms with van der Waals surface area (Å²) in [6.07, 6.45) is 0.754. The van der Waals surface area contributed by atoms with Gasteiger partial charge in [-0.3, -0.25) is 10.1 Å². The first kappa shape index (κ1) is 15.9. The maximum Gasteiger partial charge on any atom is 0.312 e. The van der Waals surface area contributed by atoms with Crippen LogP contribution >= 0.6 is 15.9 Å². The lowest BCUT2D eigenvalue weighted by Crippen LogP contribution is -2.14. The molecular weight excluding hydrogens is 314 g/mol. The number of halogens is 1. The molecule has 0 radical (unpaired) electrons. The molecule has 0 aliphatic rings. The zero-order valence-electron chi connectivity index (χ0n) is 11.2. The summed E-state index contributed by atoms with van der Waals surface area (Å²) in [6, 6.07) is 3.03. The monoisotopic (exact) mass is 331 g/mol. The van der Waals surface area contributed by atoms with Crippen LogP contribution < -0.4 is 4.74 Å². The number of nitro groups is 1. The van der Waals surface area contributed by atoms with Gasteiger partial charge in [0.1, 0.15) is 0 Å². The van der Waals surface area contributed by atoms with Crippen LogP contribution in [-0.2, 0) is 0 Å². The fraction of sp³-hybridized carbons (Fsp3) is 0.538. The summed E-state index contributed by atoms with van der Waals surface area (Å²) >= 11 is 3.21. The minimum absolute atomic E-state index is 0.131. The molecule has 0 spiro atoms. The topological polar surface area (TPSA) is 72.6 Å². The molecule has 1 aromatic carbocycles. The fourth-order valence-corrected chi connectivity index (χ4v) is 2.30. The first-order valence-electron chi connectivity index (χ1n) is 6.19. The third-order valence-corrected chi connectivity index (χ3v) is 3.18. The van der Waals surface area contributed by atoms with Crippen LogP contribution in [0.1, 0.15) is 45.3 Å². The molecule has 0 saturated carbocycles. The smallest absolute Gasteiger partial charge is 0.312 e. The second kappa shape index (κ2) is 6.86. The SMILES string of the molecule is CCCC(C)Oc1c([C@@H](C)O)cc(Br)cc1[N+](=O)[O-]. The normalized spacial score (nSPS) is 13.9. The van der Waals surface area contributed by atoms with E-state index in [9.17, 15) is 15.2 Å². The van der Waals surface area contributed by atoms with Gasteiger partial charge in [-0.25, -0.2) is 0 Å². The van der Waals surface area contributed by atoms with E-state index in [2.05, 4.69) is 15.9 Å². The molecule has 5 nitrogen and oxygen atoms in total. The zero-order chi connectivity index (χ0) is 14.6. The van der Waals surface area contributed by atoms with E-state index in [1.165, 1.54) is 6.07 Å². The number of rotatable bonds is 6. The summed E-state index contributed by atoms with van der Waals surface area (Å²) in [5.74, 6) is 0.157. The van der Waals surface area contributed by atoms with Crippen molar-refractivity contribution in [1.29, 1.82) is 0 Å². The van der Waals surface area contributed by atoms with Crippen molar-refractivity contribution in [1.82, 2.24) is 0 Å². The highest BCUT2D eigenvalue weighted by atomic mass is 79.9. The predicted molar refractivity (Wildman–Crippen MR) is 76.4 cm³/mol. The molecule has 0 aromatic heterocycles. The Kier molecular flexibility index (Phi) is 5.75. The van der Waals surface area contributed by atoms with E-state index in [1.807, 2.05) is 13.8 Å². The highest BCUT2D eigenvalue weighted by molar-refractivity contribution is 9.10. The molecule has 19 heavy (non-hydrogen) atoms. The Hall–Kier alpha value is -1.14. The average molecular weight is 332 g/mol. The summed E-state index contributed by atoms with van der Waals surface area (Å²) in [5.41, 5.74) is 0.289. The van der Waals surface area contributed by atoms with Gasteiger partial charge in [-0.2, -0.15) is 0 Å². The fourth-order valence-electron chi connectivity index (χ4n) is 1.84. The van der Waals surface area contributed by atoms with Crippen LogP contribution in [0.3, 0.4) is 0 Å². The van der Waals surface area contributed by atoms with Crippen LogP contribution in [-0.4, -0.2) is 16.1 Å². The van der Waals surface area contributed by atoms with Crippen molar-refractivity contribution in [2.45, 2.75) is 45.8 Å². The molecule has 2 atom stereocenters. The highest BCUT2D eigenvalue weighted by Gasteiger charge is 2.24. The van der Waals surface area contributed by atoms with Crippen molar-refractivity contribution in [3.05, 3.63) is 32.3 Å². The van der Waals surface area contributed by atoms with Gasteiger partial charge >= 0.3 is 5.69 Å². The van der Waals surface area contributed by atoms with Gasteiger partial charge in [0, 0.05) is 16.1 Å². The largest absolute Gasteiger partial charge is 0.484 e. The van der Waals surface area contributed by atoms with Crippen LogP contribution in [0, 0.1) is 10.1 Å². The van der Waals surface area contributed by atoms with Crippen molar-refractivity contribution in [3.63, 3.8) is 0 Å². The summed E-state index contributed by atoms with van der Waals surface area (Å²) in [7, 11) is 0. The number of aliphatic hydroxyl groups is 1. The standard InChI is InChI=1S/C13H18BrNO4/c1-4-5-8(2)19-13-11(9(3)16)6-10(14)7-12(13)15(17)18/h6-9,16H,4-5H2,1-3H3/t8?,9-/m1/s1. The van der Waals surface area contributed by atoms with E-state index in [4.69, 9.17) is 4.74 Å². The van der Waals surface area contributed by atoms with Gasteiger partial charge in [0.2, 0.25) is 5.75 Å². The van der Waals surface area contributed by atoms with Crippen LogP contribution in [0.5, 0.6) is 5.75 Å². The van der Waals surface area contributed by atoms with E-state index in [0.29, 0.717) is 10.0 Å². The van der Waals surface area contributed by atoms with Gasteiger partial charge in [-0.05, 0) is 26.3 Å². The minimum atomic E-state index is -0.833. The van der Waals surface area contributed by atoms with Crippen LogP contribution in [0.2, 0.25) is 0 Å². The van der Waals surface area contributed by atoms with Crippen molar-refractivity contribution >= 4 is 21.6 Å². The Morgan fingerprint density at radius 2 is 2.11 bits per heavy atom. The number of nitrogens with zero attached hydrogens (tertiary/aromatic N) is 1. The summed E-state index contributed by atoms with van der Waals surface area (Å²) in [5, 5.41) is 20.9. The highest BCUT2D eigenvalue weighted by Crippen LogP contribution is 2.38. The number of ether oxygens (including phenoxy) is 1. The molecule has 6 heteroatoms. The second-order valence-electron chi connectivity index (χ2n) is 4.49.